The Labute approximate surface area is 174 Å². The van der Waals surface area contributed by atoms with Crippen LogP contribution < -0.4 is 5.32 Å². The number of carbonyl (C=O) groups excluding carboxylic acids is 2. The van der Waals surface area contributed by atoms with Crippen LogP contribution in [-0.2, 0) is 11.3 Å². The first-order valence-electron chi connectivity index (χ1n) is 9.29. The molecule has 0 saturated carbocycles. The molecule has 1 aromatic heterocycles. The Morgan fingerprint density at radius 2 is 1.86 bits per heavy atom. The Morgan fingerprint density at radius 1 is 1.07 bits per heavy atom. The molecule has 0 unspecified atom stereocenters. The lowest BCUT2D eigenvalue weighted by Gasteiger charge is -2.35. The third-order valence-corrected chi connectivity index (χ3v) is 5.61. The van der Waals surface area contributed by atoms with Gasteiger partial charge in [-0.1, -0.05) is 35.3 Å². The van der Waals surface area contributed by atoms with Gasteiger partial charge in [-0.05, 0) is 30.2 Å². The van der Waals surface area contributed by atoms with E-state index in [4.69, 9.17) is 27.6 Å². The monoisotopic (exact) mass is 423 g/mol. The van der Waals surface area contributed by atoms with Gasteiger partial charge in [0.05, 0.1) is 16.3 Å². The van der Waals surface area contributed by atoms with Gasteiger partial charge in [0.1, 0.15) is 0 Å². The first-order valence-corrected chi connectivity index (χ1v) is 10.0. The number of halogens is 2. The van der Waals surface area contributed by atoms with Crippen molar-refractivity contribution in [2.45, 2.75) is 19.4 Å². The second-order valence-corrected chi connectivity index (χ2v) is 7.49. The van der Waals surface area contributed by atoms with Gasteiger partial charge in [-0.3, -0.25) is 14.5 Å². The van der Waals surface area contributed by atoms with Crippen molar-refractivity contribution < 1.29 is 14.0 Å². The highest BCUT2D eigenvalue weighted by molar-refractivity contribution is 6.42. The van der Waals surface area contributed by atoms with Gasteiger partial charge in [-0.15, -0.1) is 0 Å². The fourth-order valence-electron chi connectivity index (χ4n) is 3.16. The van der Waals surface area contributed by atoms with Crippen LogP contribution in [0.1, 0.15) is 29.0 Å². The lowest BCUT2D eigenvalue weighted by Crippen LogP contribution is -2.48. The van der Waals surface area contributed by atoms with Gasteiger partial charge in [0.2, 0.25) is 5.91 Å². The SMILES string of the molecule is O=C(NCCCC(=O)N1CCN(Cc2cccc(Cl)c2Cl)CC1)c1ccco1. The summed E-state index contributed by atoms with van der Waals surface area (Å²) in [5.74, 6) is 0.140. The maximum Gasteiger partial charge on any atom is 0.286 e. The zero-order chi connectivity index (χ0) is 19.9. The van der Waals surface area contributed by atoms with Crippen LogP contribution >= 0.6 is 23.2 Å². The van der Waals surface area contributed by atoms with Crippen LogP contribution in [0.3, 0.4) is 0 Å². The molecule has 2 heterocycles. The van der Waals surface area contributed by atoms with Gasteiger partial charge in [0.25, 0.3) is 5.91 Å². The van der Waals surface area contributed by atoms with Crippen molar-refractivity contribution in [1.29, 1.82) is 0 Å². The number of hydrogen-bond acceptors (Lipinski definition) is 4. The van der Waals surface area contributed by atoms with E-state index in [1.54, 1.807) is 18.2 Å². The van der Waals surface area contributed by atoms with Gasteiger partial charge in [-0.2, -0.15) is 0 Å². The second-order valence-electron chi connectivity index (χ2n) is 6.71. The first kappa shape index (κ1) is 20.7. The van der Waals surface area contributed by atoms with Gasteiger partial charge in [0, 0.05) is 45.7 Å². The summed E-state index contributed by atoms with van der Waals surface area (Å²) in [5.41, 5.74) is 1.00. The molecule has 1 aromatic carbocycles. The zero-order valence-electron chi connectivity index (χ0n) is 15.5. The molecule has 8 heteroatoms. The highest BCUT2D eigenvalue weighted by Crippen LogP contribution is 2.26. The highest BCUT2D eigenvalue weighted by Gasteiger charge is 2.21. The number of nitrogens with one attached hydrogen (secondary N) is 1. The summed E-state index contributed by atoms with van der Waals surface area (Å²) in [6.07, 6.45) is 2.47. The highest BCUT2D eigenvalue weighted by atomic mass is 35.5. The summed E-state index contributed by atoms with van der Waals surface area (Å²) < 4.78 is 5.03. The van der Waals surface area contributed by atoms with Crippen LogP contribution in [0.25, 0.3) is 0 Å². The molecule has 0 radical (unpaired) electrons. The molecule has 0 aliphatic carbocycles. The smallest absolute Gasteiger partial charge is 0.286 e. The van der Waals surface area contributed by atoms with Crippen molar-refractivity contribution in [3.05, 3.63) is 58.0 Å². The van der Waals surface area contributed by atoms with Crippen molar-refractivity contribution >= 4 is 35.0 Å². The van der Waals surface area contributed by atoms with Crippen LogP contribution in [0.5, 0.6) is 0 Å². The Balaban J connectivity index is 1.35. The zero-order valence-corrected chi connectivity index (χ0v) is 17.0. The standard InChI is InChI=1S/C20H23Cl2N3O3/c21-16-5-1-4-15(19(16)22)14-24-9-11-25(12-10-24)18(26)7-2-8-23-20(27)17-6-3-13-28-17/h1,3-6,13H,2,7-12,14H2,(H,23,27). The maximum absolute atomic E-state index is 12.4. The second kappa shape index (κ2) is 9.96. The lowest BCUT2D eigenvalue weighted by atomic mass is 10.2. The normalized spacial score (nSPS) is 14.9. The van der Waals surface area contributed by atoms with Gasteiger partial charge < -0.3 is 14.6 Å². The molecule has 1 aliphatic heterocycles. The molecular weight excluding hydrogens is 401 g/mol. The topological polar surface area (TPSA) is 65.8 Å². The van der Waals surface area contributed by atoms with Crippen LogP contribution in [-0.4, -0.2) is 54.3 Å². The minimum absolute atomic E-state index is 0.118. The van der Waals surface area contributed by atoms with E-state index >= 15 is 0 Å². The van der Waals surface area contributed by atoms with Crippen LogP contribution in [0.4, 0.5) is 0 Å². The van der Waals surface area contributed by atoms with E-state index in [1.807, 2.05) is 17.0 Å². The molecule has 1 N–H and O–H groups in total. The number of nitrogens with zero attached hydrogens (tertiary/aromatic N) is 2. The molecule has 2 aromatic rings. The Hall–Kier alpha value is -2.02. The molecule has 2 amide bonds. The molecule has 1 saturated heterocycles. The minimum atomic E-state index is -0.259. The molecule has 1 aliphatic rings. The van der Waals surface area contributed by atoms with Crippen molar-refractivity contribution in [3.63, 3.8) is 0 Å². The Bertz CT molecular complexity index is 803. The van der Waals surface area contributed by atoms with E-state index in [-0.39, 0.29) is 17.6 Å². The molecule has 28 heavy (non-hydrogen) atoms. The number of hydrogen-bond donors (Lipinski definition) is 1. The van der Waals surface area contributed by atoms with E-state index in [0.717, 1.165) is 25.2 Å². The average Bonchev–Trinajstić information content (AvgIpc) is 3.24. The number of carbonyl (C=O) groups is 2. The minimum Gasteiger partial charge on any atom is -0.459 e. The molecule has 150 valence electrons. The average molecular weight is 424 g/mol. The quantitative estimate of drug-likeness (QED) is 0.692. The first-order chi connectivity index (χ1) is 13.5. The van der Waals surface area contributed by atoms with E-state index in [9.17, 15) is 9.59 Å². The van der Waals surface area contributed by atoms with E-state index in [0.29, 0.717) is 42.5 Å². The predicted molar refractivity (Wildman–Crippen MR) is 109 cm³/mol. The third-order valence-electron chi connectivity index (χ3n) is 4.75. The number of benzene rings is 1. The molecule has 0 bridgehead atoms. The van der Waals surface area contributed by atoms with Crippen molar-refractivity contribution in [3.8, 4) is 0 Å². The van der Waals surface area contributed by atoms with Crippen LogP contribution in [0.2, 0.25) is 10.0 Å². The van der Waals surface area contributed by atoms with Crippen molar-refractivity contribution in [1.82, 2.24) is 15.1 Å². The fourth-order valence-corrected chi connectivity index (χ4v) is 3.54. The molecule has 0 atom stereocenters. The van der Waals surface area contributed by atoms with Gasteiger partial charge >= 0.3 is 0 Å². The summed E-state index contributed by atoms with van der Waals surface area (Å²) in [4.78, 5) is 28.3. The summed E-state index contributed by atoms with van der Waals surface area (Å²) in [7, 11) is 0. The van der Waals surface area contributed by atoms with Gasteiger partial charge in [0.15, 0.2) is 5.76 Å². The fraction of sp³-hybridized carbons (Fsp3) is 0.400. The summed E-state index contributed by atoms with van der Waals surface area (Å²) in [6, 6.07) is 8.92. The molecule has 1 fully saturated rings. The Morgan fingerprint density at radius 3 is 2.57 bits per heavy atom. The number of amides is 2. The van der Waals surface area contributed by atoms with E-state index < -0.39 is 0 Å². The third kappa shape index (κ3) is 5.50. The molecular formula is C20H23Cl2N3O3. The summed E-state index contributed by atoms with van der Waals surface area (Å²) in [6.45, 7) is 4.14. The van der Waals surface area contributed by atoms with E-state index in [1.165, 1.54) is 6.26 Å². The summed E-state index contributed by atoms with van der Waals surface area (Å²) in [5, 5.41) is 3.91. The number of furan rings is 1. The van der Waals surface area contributed by atoms with Crippen molar-refractivity contribution in [2.75, 3.05) is 32.7 Å². The number of piperazine rings is 1. The van der Waals surface area contributed by atoms with E-state index in [2.05, 4.69) is 10.2 Å². The lowest BCUT2D eigenvalue weighted by molar-refractivity contribution is -0.133. The summed E-state index contributed by atoms with van der Waals surface area (Å²) >= 11 is 12.3. The van der Waals surface area contributed by atoms with Crippen LogP contribution in [0, 0.1) is 0 Å². The largest absolute Gasteiger partial charge is 0.459 e. The van der Waals surface area contributed by atoms with Gasteiger partial charge in [-0.25, -0.2) is 0 Å². The number of rotatable bonds is 7. The Kier molecular flexibility index (Phi) is 7.36. The molecule has 6 nitrogen and oxygen atoms in total. The molecule has 0 spiro atoms. The predicted octanol–water partition coefficient (Wildman–Crippen LogP) is 3.44. The maximum atomic E-state index is 12.4. The van der Waals surface area contributed by atoms with Crippen LogP contribution in [0.15, 0.2) is 41.0 Å². The van der Waals surface area contributed by atoms with Crippen molar-refractivity contribution in [2.24, 2.45) is 0 Å². The molecule has 3 rings (SSSR count).